The van der Waals surface area contributed by atoms with Crippen LogP contribution in [0.2, 0.25) is 0 Å². The van der Waals surface area contributed by atoms with E-state index in [1.807, 2.05) is 0 Å². The van der Waals surface area contributed by atoms with Crippen LogP contribution < -0.4 is 28.7 Å². The highest BCUT2D eigenvalue weighted by Gasteiger charge is 2.28. The topological polar surface area (TPSA) is 116 Å². The van der Waals surface area contributed by atoms with Crippen LogP contribution in [0.15, 0.2) is 69.1 Å². The quantitative estimate of drug-likeness (QED) is 0.258. The van der Waals surface area contributed by atoms with Crippen molar-refractivity contribution in [2.24, 2.45) is 5.10 Å². The molecule has 0 aliphatic heterocycles. The number of methoxy groups -OCH3 is 4. The van der Waals surface area contributed by atoms with Crippen molar-refractivity contribution >= 4 is 43.8 Å². The van der Waals surface area contributed by atoms with E-state index in [0.29, 0.717) is 27.3 Å². The van der Waals surface area contributed by atoms with Gasteiger partial charge < -0.3 is 18.9 Å². The normalized spacial score (nSPS) is 11.2. The Bertz CT molecular complexity index is 1430. The van der Waals surface area contributed by atoms with Crippen molar-refractivity contribution in [2.75, 3.05) is 39.3 Å². The highest BCUT2D eigenvalue weighted by atomic mass is 79.9. The van der Waals surface area contributed by atoms with Crippen LogP contribution in [0.1, 0.15) is 5.56 Å². The van der Waals surface area contributed by atoms with E-state index in [1.54, 1.807) is 12.1 Å². The lowest BCUT2D eigenvalue weighted by Gasteiger charge is -2.24. The SMILES string of the molecule is COc1ccc(S(=O)(=O)N(CC(=O)N/N=C\c2cc(Br)c(OC)c(OC)c2)c2ccc(F)cc2)cc1OC. The van der Waals surface area contributed by atoms with Crippen molar-refractivity contribution < 1.29 is 36.6 Å². The largest absolute Gasteiger partial charge is 0.493 e. The number of nitrogens with zero attached hydrogens (tertiary/aromatic N) is 2. The van der Waals surface area contributed by atoms with Crippen LogP contribution in [0.4, 0.5) is 10.1 Å². The minimum absolute atomic E-state index is 0.0733. The standard InChI is InChI=1S/C25H25BrFN3O7S/c1-34-21-10-9-19(13-22(21)35-2)38(32,33)30(18-7-5-17(27)6-8-18)15-24(31)29-28-14-16-11-20(26)25(37-4)23(12-16)36-3/h5-14H,15H2,1-4H3,(H,29,31)/b28-14-. The maximum Gasteiger partial charge on any atom is 0.264 e. The Hall–Kier alpha value is -3.84. The average molecular weight is 610 g/mol. The monoisotopic (exact) mass is 609 g/mol. The molecule has 0 aliphatic carbocycles. The number of ether oxygens (including phenoxy) is 4. The second-order valence-corrected chi connectivity index (χ2v) is 10.3. The first-order valence-corrected chi connectivity index (χ1v) is 13.1. The first-order chi connectivity index (χ1) is 18.1. The lowest BCUT2D eigenvalue weighted by molar-refractivity contribution is -0.119. The Morgan fingerprint density at radius 2 is 1.61 bits per heavy atom. The molecule has 0 bridgehead atoms. The van der Waals surface area contributed by atoms with Crippen molar-refractivity contribution in [2.45, 2.75) is 4.90 Å². The molecule has 202 valence electrons. The van der Waals surface area contributed by atoms with E-state index < -0.39 is 28.3 Å². The number of sulfonamides is 1. The van der Waals surface area contributed by atoms with Crippen LogP contribution in [0.3, 0.4) is 0 Å². The molecule has 10 nitrogen and oxygen atoms in total. The van der Waals surface area contributed by atoms with E-state index in [-0.39, 0.29) is 16.3 Å². The van der Waals surface area contributed by atoms with E-state index in [9.17, 15) is 17.6 Å². The van der Waals surface area contributed by atoms with Gasteiger partial charge in [-0.3, -0.25) is 9.10 Å². The molecule has 1 N–H and O–H groups in total. The van der Waals surface area contributed by atoms with E-state index >= 15 is 0 Å². The second-order valence-electron chi connectivity index (χ2n) is 7.54. The molecule has 38 heavy (non-hydrogen) atoms. The number of hydrogen-bond acceptors (Lipinski definition) is 8. The molecule has 0 fully saturated rings. The minimum atomic E-state index is -4.29. The fourth-order valence-electron chi connectivity index (χ4n) is 3.38. The van der Waals surface area contributed by atoms with Crippen LogP contribution in [0, 0.1) is 5.82 Å². The van der Waals surface area contributed by atoms with Gasteiger partial charge >= 0.3 is 0 Å². The van der Waals surface area contributed by atoms with Gasteiger partial charge in [0.1, 0.15) is 12.4 Å². The molecule has 0 saturated heterocycles. The van der Waals surface area contributed by atoms with Crippen molar-refractivity contribution in [1.82, 2.24) is 5.43 Å². The van der Waals surface area contributed by atoms with E-state index in [4.69, 9.17) is 18.9 Å². The maximum absolute atomic E-state index is 13.6. The van der Waals surface area contributed by atoms with Crippen molar-refractivity contribution in [1.29, 1.82) is 0 Å². The molecule has 13 heteroatoms. The van der Waals surface area contributed by atoms with Gasteiger partial charge in [0.2, 0.25) is 0 Å². The summed E-state index contributed by atoms with van der Waals surface area (Å²) in [5.41, 5.74) is 2.96. The Morgan fingerprint density at radius 3 is 2.21 bits per heavy atom. The highest BCUT2D eigenvalue weighted by Crippen LogP contribution is 2.36. The second kappa shape index (κ2) is 12.6. The molecule has 0 aromatic heterocycles. The van der Waals surface area contributed by atoms with Crippen LogP contribution in [0.5, 0.6) is 23.0 Å². The molecule has 3 aromatic carbocycles. The number of carbonyl (C=O) groups excluding carboxylic acids is 1. The number of rotatable bonds is 11. The summed E-state index contributed by atoms with van der Waals surface area (Å²) in [5, 5.41) is 3.92. The highest BCUT2D eigenvalue weighted by molar-refractivity contribution is 9.10. The third-order valence-electron chi connectivity index (χ3n) is 5.20. The van der Waals surface area contributed by atoms with E-state index in [0.717, 1.165) is 16.4 Å². The van der Waals surface area contributed by atoms with Crippen molar-refractivity contribution in [3.63, 3.8) is 0 Å². The molecule has 0 spiro atoms. The summed E-state index contributed by atoms with van der Waals surface area (Å²) in [4.78, 5) is 12.6. The zero-order valence-electron chi connectivity index (χ0n) is 20.9. The molecule has 0 radical (unpaired) electrons. The molecule has 0 saturated carbocycles. The van der Waals surface area contributed by atoms with E-state index in [1.165, 1.54) is 65.0 Å². The van der Waals surface area contributed by atoms with Gasteiger partial charge in [0.25, 0.3) is 15.9 Å². The van der Waals surface area contributed by atoms with Gasteiger partial charge in [-0.2, -0.15) is 5.10 Å². The summed E-state index contributed by atoms with van der Waals surface area (Å²) < 4.78 is 63.1. The molecule has 0 heterocycles. The van der Waals surface area contributed by atoms with E-state index in [2.05, 4.69) is 26.5 Å². The predicted octanol–water partition coefficient (Wildman–Crippen LogP) is 3.97. The number of benzene rings is 3. The zero-order valence-corrected chi connectivity index (χ0v) is 23.3. The molecule has 3 rings (SSSR count). The number of hydrazone groups is 1. The number of amides is 1. The molecule has 1 amide bonds. The van der Waals surface area contributed by atoms with Gasteiger partial charge in [-0.15, -0.1) is 0 Å². The average Bonchev–Trinajstić information content (AvgIpc) is 2.91. The van der Waals surface area contributed by atoms with Crippen LogP contribution in [-0.2, 0) is 14.8 Å². The number of hydrogen-bond donors (Lipinski definition) is 1. The summed E-state index contributed by atoms with van der Waals surface area (Å²) in [5.74, 6) is 0.139. The van der Waals surface area contributed by atoms with Crippen molar-refractivity contribution in [3.05, 3.63) is 70.5 Å². The third-order valence-corrected chi connectivity index (χ3v) is 7.56. The number of carbonyl (C=O) groups is 1. The first-order valence-electron chi connectivity index (χ1n) is 10.9. The van der Waals surface area contributed by atoms with Gasteiger partial charge in [-0.05, 0) is 70.0 Å². The Kier molecular flexibility index (Phi) is 9.53. The third kappa shape index (κ3) is 6.53. The molecular weight excluding hydrogens is 585 g/mol. The summed E-state index contributed by atoms with van der Waals surface area (Å²) in [6.07, 6.45) is 1.36. The maximum atomic E-state index is 13.6. The molecule has 0 aliphatic rings. The number of anilines is 1. The van der Waals surface area contributed by atoms with Crippen LogP contribution in [-0.4, -0.2) is 55.5 Å². The Labute approximate surface area is 228 Å². The number of halogens is 2. The Balaban J connectivity index is 1.88. The minimum Gasteiger partial charge on any atom is -0.493 e. The van der Waals surface area contributed by atoms with Gasteiger partial charge in [-0.25, -0.2) is 18.2 Å². The summed E-state index contributed by atoms with van der Waals surface area (Å²) >= 11 is 3.38. The summed E-state index contributed by atoms with van der Waals surface area (Å²) in [6, 6.07) is 12.1. The smallest absolute Gasteiger partial charge is 0.264 e. The lowest BCUT2D eigenvalue weighted by atomic mass is 10.2. The fourth-order valence-corrected chi connectivity index (χ4v) is 5.44. The lowest BCUT2D eigenvalue weighted by Crippen LogP contribution is -2.39. The van der Waals surface area contributed by atoms with Gasteiger partial charge in [0.15, 0.2) is 23.0 Å². The Morgan fingerprint density at radius 1 is 0.947 bits per heavy atom. The molecule has 3 aromatic rings. The van der Waals surface area contributed by atoms with Crippen molar-refractivity contribution in [3.8, 4) is 23.0 Å². The van der Waals surface area contributed by atoms with Crippen LogP contribution >= 0.6 is 15.9 Å². The summed E-state index contributed by atoms with van der Waals surface area (Å²) in [7, 11) is 1.48. The fraction of sp³-hybridized carbons (Fsp3) is 0.200. The zero-order chi connectivity index (χ0) is 27.9. The van der Waals surface area contributed by atoms with Gasteiger partial charge in [-0.1, -0.05) is 0 Å². The van der Waals surface area contributed by atoms with Crippen LogP contribution in [0.25, 0.3) is 0 Å². The molecular formula is C25H25BrFN3O7S. The summed E-state index contributed by atoms with van der Waals surface area (Å²) in [6.45, 7) is -0.644. The predicted molar refractivity (Wildman–Crippen MR) is 143 cm³/mol. The molecule has 0 unspecified atom stereocenters. The first kappa shape index (κ1) is 28.7. The molecule has 0 atom stereocenters. The van der Waals surface area contributed by atoms with Gasteiger partial charge in [0, 0.05) is 6.07 Å². The number of nitrogens with one attached hydrogen (secondary N) is 1. The van der Waals surface area contributed by atoms with Gasteiger partial charge in [0.05, 0.1) is 49.7 Å².